The van der Waals surface area contributed by atoms with Gasteiger partial charge in [-0.15, -0.1) is 0 Å². The van der Waals surface area contributed by atoms with Gasteiger partial charge in [0.15, 0.2) is 11.5 Å². The summed E-state index contributed by atoms with van der Waals surface area (Å²) < 4.78 is 11.7. The molecule has 0 saturated heterocycles. The van der Waals surface area contributed by atoms with Gasteiger partial charge in [-0.2, -0.15) is 0 Å². The maximum absolute atomic E-state index is 11.0. The summed E-state index contributed by atoms with van der Waals surface area (Å²) in [6.07, 6.45) is 3.42. The van der Waals surface area contributed by atoms with Crippen molar-refractivity contribution in [3.8, 4) is 11.5 Å². The van der Waals surface area contributed by atoms with Gasteiger partial charge in [-0.1, -0.05) is 0 Å². The monoisotopic (exact) mass is 233 g/mol. The fourth-order valence-electron chi connectivity index (χ4n) is 1.55. The van der Waals surface area contributed by atoms with E-state index >= 15 is 0 Å². The molecule has 2 rings (SSSR count). The molecular weight excluding hydrogens is 222 g/mol. The first-order valence-electron chi connectivity index (χ1n) is 5.04. The van der Waals surface area contributed by atoms with Crippen LogP contribution in [0, 0.1) is 0 Å². The first-order valence-corrected chi connectivity index (χ1v) is 5.04. The van der Waals surface area contributed by atoms with Crippen LogP contribution in [0.3, 0.4) is 0 Å². The SMILES string of the molecule is CC(=O)Oc1cc(OC(C)=O)c2cccn2c1. The summed E-state index contributed by atoms with van der Waals surface area (Å²) in [5, 5.41) is 0. The Balaban J connectivity index is 2.50. The number of aromatic nitrogens is 1. The van der Waals surface area contributed by atoms with E-state index in [0.717, 1.165) is 5.52 Å². The molecule has 0 radical (unpaired) electrons. The van der Waals surface area contributed by atoms with Gasteiger partial charge in [0.1, 0.15) is 0 Å². The average molecular weight is 233 g/mol. The zero-order valence-electron chi connectivity index (χ0n) is 9.47. The lowest BCUT2D eigenvalue weighted by molar-refractivity contribution is -0.132. The Hall–Kier alpha value is -2.30. The predicted molar refractivity (Wildman–Crippen MR) is 60.0 cm³/mol. The molecule has 0 spiro atoms. The molecule has 0 atom stereocenters. The predicted octanol–water partition coefficient (Wildman–Crippen LogP) is 1.79. The van der Waals surface area contributed by atoms with Crippen molar-refractivity contribution >= 4 is 17.5 Å². The number of fused-ring (bicyclic) bond motifs is 1. The number of nitrogens with zero attached hydrogens (tertiary/aromatic N) is 1. The van der Waals surface area contributed by atoms with E-state index in [0.29, 0.717) is 11.5 Å². The van der Waals surface area contributed by atoms with Crippen molar-refractivity contribution in [1.29, 1.82) is 0 Å². The number of esters is 2. The molecule has 0 unspecified atom stereocenters. The van der Waals surface area contributed by atoms with E-state index in [-0.39, 0.29) is 0 Å². The molecule has 0 saturated carbocycles. The quantitative estimate of drug-likeness (QED) is 0.742. The van der Waals surface area contributed by atoms with Gasteiger partial charge in [0.25, 0.3) is 0 Å². The molecular formula is C12H11NO4. The maximum atomic E-state index is 11.0. The van der Waals surface area contributed by atoms with Gasteiger partial charge in [-0.3, -0.25) is 9.59 Å². The molecule has 88 valence electrons. The molecule has 2 heterocycles. The fraction of sp³-hybridized carbons (Fsp3) is 0.167. The minimum atomic E-state index is -0.426. The van der Waals surface area contributed by atoms with E-state index in [9.17, 15) is 9.59 Å². The zero-order chi connectivity index (χ0) is 12.4. The van der Waals surface area contributed by atoms with Gasteiger partial charge in [0, 0.05) is 26.1 Å². The number of carbonyl (C=O) groups excluding carboxylic acids is 2. The van der Waals surface area contributed by atoms with Crippen LogP contribution in [0.15, 0.2) is 30.6 Å². The second-order valence-electron chi connectivity index (χ2n) is 3.53. The van der Waals surface area contributed by atoms with Crippen molar-refractivity contribution in [2.45, 2.75) is 13.8 Å². The molecule has 0 aliphatic carbocycles. The molecule has 17 heavy (non-hydrogen) atoms. The first-order chi connectivity index (χ1) is 8.06. The van der Waals surface area contributed by atoms with Crippen LogP contribution in [0.1, 0.15) is 13.8 Å². The molecule has 5 nitrogen and oxygen atoms in total. The van der Waals surface area contributed by atoms with Gasteiger partial charge in [0.05, 0.1) is 11.7 Å². The molecule has 0 fully saturated rings. The summed E-state index contributed by atoms with van der Waals surface area (Å²) in [7, 11) is 0. The third-order valence-corrected chi connectivity index (χ3v) is 2.09. The molecule has 0 aliphatic rings. The Morgan fingerprint density at radius 2 is 1.88 bits per heavy atom. The molecule has 5 heteroatoms. The van der Waals surface area contributed by atoms with Crippen LogP contribution in [-0.4, -0.2) is 16.3 Å². The highest BCUT2D eigenvalue weighted by Gasteiger charge is 2.09. The lowest BCUT2D eigenvalue weighted by Crippen LogP contribution is -2.05. The summed E-state index contributed by atoms with van der Waals surface area (Å²) >= 11 is 0. The van der Waals surface area contributed by atoms with Gasteiger partial charge in [0.2, 0.25) is 0 Å². The summed E-state index contributed by atoms with van der Waals surface area (Å²) in [4.78, 5) is 21.9. The van der Waals surface area contributed by atoms with Crippen LogP contribution >= 0.6 is 0 Å². The third-order valence-electron chi connectivity index (χ3n) is 2.09. The van der Waals surface area contributed by atoms with Gasteiger partial charge in [-0.05, 0) is 12.1 Å². The van der Waals surface area contributed by atoms with E-state index < -0.39 is 11.9 Å². The number of hydrogen-bond acceptors (Lipinski definition) is 4. The standard InChI is InChI=1S/C12H11NO4/c1-8(14)16-10-6-12(17-9(2)15)11-4-3-5-13(11)7-10/h3-7H,1-2H3. The smallest absolute Gasteiger partial charge is 0.308 e. The number of pyridine rings is 1. The number of hydrogen-bond donors (Lipinski definition) is 0. The minimum Gasteiger partial charge on any atom is -0.425 e. The minimum absolute atomic E-state index is 0.331. The molecule has 0 bridgehead atoms. The van der Waals surface area contributed by atoms with E-state index in [2.05, 4.69) is 0 Å². The normalized spacial score (nSPS) is 10.2. The lowest BCUT2D eigenvalue weighted by atomic mass is 10.3. The van der Waals surface area contributed by atoms with E-state index in [4.69, 9.17) is 9.47 Å². The van der Waals surface area contributed by atoms with Crippen molar-refractivity contribution in [3.63, 3.8) is 0 Å². The Bertz CT molecular complexity index is 585. The van der Waals surface area contributed by atoms with Crippen LogP contribution in [-0.2, 0) is 9.59 Å². The molecule has 0 N–H and O–H groups in total. The van der Waals surface area contributed by atoms with Crippen molar-refractivity contribution in [2.24, 2.45) is 0 Å². The first kappa shape index (κ1) is 11.2. The highest BCUT2D eigenvalue weighted by Crippen LogP contribution is 2.26. The van der Waals surface area contributed by atoms with Crippen LogP contribution in [0.4, 0.5) is 0 Å². The van der Waals surface area contributed by atoms with Gasteiger partial charge < -0.3 is 13.9 Å². The molecule has 0 aliphatic heterocycles. The summed E-state index contributed by atoms with van der Waals surface area (Å²) in [6, 6.07) is 5.12. The van der Waals surface area contributed by atoms with Crippen LogP contribution in [0.5, 0.6) is 11.5 Å². The third kappa shape index (κ3) is 2.44. The van der Waals surface area contributed by atoms with E-state index in [1.807, 2.05) is 0 Å². The Morgan fingerprint density at radius 1 is 1.18 bits per heavy atom. The molecule has 0 amide bonds. The van der Waals surface area contributed by atoms with Crippen molar-refractivity contribution in [1.82, 2.24) is 4.40 Å². The fourth-order valence-corrected chi connectivity index (χ4v) is 1.55. The van der Waals surface area contributed by atoms with E-state index in [1.54, 1.807) is 28.9 Å². The maximum Gasteiger partial charge on any atom is 0.308 e. The second-order valence-corrected chi connectivity index (χ2v) is 3.53. The van der Waals surface area contributed by atoms with E-state index in [1.165, 1.54) is 19.9 Å². The average Bonchev–Trinajstić information content (AvgIpc) is 2.63. The number of carbonyl (C=O) groups is 2. The zero-order valence-corrected chi connectivity index (χ0v) is 9.47. The summed E-state index contributed by atoms with van der Waals surface area (Å²) in [5.74, 6) is -0.156. The highest BCUT2D eigenvalue weighted by molar-refractivity contribution is 5.75. The lowest BCUT2D eigenvalue weighted by Gasteiger charge is -2.08. The topological polar surface area (TPSA) is 57.0 Å². The largest absolute Gasteiger partial charge is 0.425 e. The molecule has 2 aromatic rings. The van der Waals surface area contributed by atoms with Crippen LogP contribution < -0.4 is 9.47 Å². The van der Waals surface area contributed by atoms with Crippen molar-refractivity contribution in [3.05, 3.63) is 30.6 Å². The molecule has 0 aromatic carbocycles. The Morgan fingerprint density at radius 3 is 2.53 bits per heavy atom. The van der Waals surface area contributed by atoms with Crippen molar-refractivity contribution < 1.29 is 19.1 Å². The number of rotatable bonds is 2. The molecule has 2 aromatic heterocycles. The number of ether oxygens (including phenoxy) is 2. The van der Waals surface area contributed by atoms with Crippen LogP contribution in [0.25, 0.3) is 5.52 Å². The highest BCUT2D eigenvalue weighted by atomic mass is 16.5. The Kier molecular flexibility index (Phi) is 2.82. The van der Waals surface area contributed by atoms with Crippen LogP contribution in [0.2, 0.25) is 0 Å². The second kappa shape index (κ2) is 4.29. The Labute approximate surface area is 97.6 Å². The summed E-state index contributed by atoms with van der Waals surface area (Å²) in [5.41, 5.74) is 0.733. The van der Waals surface area contributed by atoms with Crippen molar-refractivity contribution in [2.75, 3.05) is 0 Å². The summed E-state index contributed by atoms with van der Waals surface area (Å²) in [6.45, 7) is 2.63. The van der Waals surface area contributed by atoms with Gasteiger partial charge in [-0.25, -0.2) is 0 Å². The van der Waals surface area contributed by atoms with Gasteiger partial charge >= 0.3 is 11.9 Å².